The van der Waals surface area contributed by atoms with E-state index in [1.165, 1.54) is 244 Å². The molecule has 0 heterocycles. The molecular weight excluding hydrogens is 961 g/mol. The highest BCUT2D eigenvalue weighted by molar-refractivity contribution is 5.71. The zero-order valence-corrected chi connectivity index (χ0v) is 52.2. The fourth-order valence-electron chi connectivity index (χ4n) is 10.0. The molecule has 0 saturated heterocycles. The monoisotopic (exact) mass is 1090 g/mol. The van der Waals surface area contributed by atoms with Gasteiger partial charge in [0, 0.05) is 19.3 Å². The van der Waals surface area contributed by atoms with Gasteiger partial charge in [-0.05, 0) is 109 Å². The Kier molecular flexibility index (Phi) is 64.2. The van der Waals surface area contributed by atoms with Crippen molar-refractivity contribution in [1.82, 2.24) is 0 Å². The molecule has 6 nitrogen and oxygen atoms in total. The van der Waals surface area contributed by atoms with Crippen LogP contribution in [-0.2, 0) is 28.6 Å². The molecule has 0 aromatic heterocycles. The highest BCUT2D eigenvalue weighted by Crippen LogP contribution is 2.17. The Morgan fingerprint density at radius 1 is 0.256 bits per heavy atom. The first-order valence-electron chi connectivity index (χ1n) is 34.3. The molecule has 1 unspecified atom stereocenters. The Hall–Kier alpha value is -2.89. The van der Waals surface area contributed by atoms with Gasteiger partial charge in [0.05, 0.1) is 0 Å². The molecule has 0 aliphatic rings. The number of hydrogen-bond acceptors (Lipinski definition) is 6. The van der Waals surface area contributed by atoms with E-state index in [0.29, 0.717) is 19.3 Å². The maximum Gasteiger partial charge on any atom is 0.306 e. The van der Waals surface area contributed by atoms with Crippen molar-refractivity contribution in [2.75, 3.05) is 13.2 Å². The summed E-state index contributed by atoms with van der Waals surface area (Å²) in [4.78, 5) is 38.4. The van der Waals surface area contributed by atoms with Crippen LogP contribution in [0.2, 0.25) is 0 Å². The molecule has 0 bridgehead atoms. The first-order valence-corrected chi connectivity index (χ1v) is 34.3. The van der Waals surface area contributed by atoms with Crippen LogP contribution in [0.25, 0.3) is 0 Å². The smallest absolute Gasteiger partial charge is 0.306 e. The van der Waals surface area contributed by atoms with E-state index in [4.69, 9.17) is 14.2 Å². The van der Waals surface area contributed by atoms with Gasteiger partial charge in [-0.1, -0.05) is 293 Å². The van der Waals surface area contributed by atoms with Gasteiger partial charge in [0.25, 0.3) is 0 Å². The van der Waals surface area contributed by atoms with Crippen molar-refractivity contribution in [3.8, 4) is 0 Å². The summed E-state index contributed by atoms with van der Waals surface area (Å²) in [6, 6.07) is 0. The molecule has 0 spiro atoms. The van der Waals surface area contributed by atoms with E-state index in [-0.39, 0.29) is 31.1 Å². The molecule has 0 aromatic carbocycles. The largest absolute Gasteiger partial charge is 0.462 e. The van der Waals surface area contributed by atoms with Crippen LogP contribution >= 0.6 is 0 Å². The van der Waals surface area contributed by atoms with Crippen LogP contribution in [0, 0.1) is 0 Å². The van der Waals surface area contributed by atoms with Crippen molar-refractivity contribution >= 4 is 17.9 Å². The van der Waals surface area contributed by atoms with Gasteiger partial charge < -0.3 is 14.2 Å². The van der Waals surface area contributed by atoms with Gasteiger partial charge in [0.2, 0.25) is 0 Å². The van der Waals surface area contributed by atoms with E-state index < -0.39 is 6.10 Å². The summed E-state index contributed by atoms with van der Waals surface area (Å²) < 4.78 is 17.0. The highest BCUT2D eigenvalue weighted by Gasteiger charge is 2.19. The molecule has 0 amide bonds. The minimum atomic E-state index is -0.784. The highest BCUT2D eigenvalue weighted by atomic mass is 16.6. The molecular formula is C72H130O6. The molecule has 0 aliphatic carbocycles. The number of allylic oxidation sites excluding steroid dienone is 10. The molecule has 0 rings (SSSR count). The predicted octanol–water partition coefficient (Wildman–Crippen LogP) is 23.5. The summed E-state index contributed by atoms with van der Waals surface area (Å²) in [6.07, 6.45) is 85.1. The molecule has 0 radical (unpaired) electrons. The minimum Gasteiger partial charge on any atom is -0.462 e. The maximum atomic E-state index is 13.0. The lowest BCUT2D eigenvalue weighted by atomic mass is 10.1. The van der Waals surface area contributed by atoms with Crippen molar-refractivity contribution in [1.29, 1.82) is 0 Å². The van der Waals surface area contributed by atoms with Crippen molar-refractivity contribution in [3.63, 3.8) is 0 Å². The average molecular weight is 1090 g/mol. The fraction of sp³-hybridized carbons (Fsp3) is 0.819. The van der Waals surface area contributed by atoms with Crippen LogP contribution in [0.15, 0.2) is 60.8 Å². The van der Waals surface area contributed by atoms with Crippen LogP contribution < -0.4 is 0 Å². The SMILES string of the molecule is CCCCCCC/C=C\C/C=C\C/C=C\CCCCCCCCC(=O)OCC(COC(=O)CCCCCCCCC/C=C\CCCCCCCCC)OC(=O)CCCCCCCCCCC/C=C\CCCCCCCCCC. The summed E-state index contributed by atoms with van der Waals surface area (Å²) >= 11 is 0. The number of esters is 3. The molecule has 0 fully saturated rings. The molecule has 454 valence electrons. The lowest BCUT2D eigenvalue weighted by molar-refractivity contribution is -0.167. The van der Waals surface area contributed by atoms with Crippen molar-refractivity contribution in [3.05, 3.63) is 60.8 Å². The summed E-state index contributed by atoms with van der Waals surface area (Å²) in [5.41, 5.74) is 0. The Bertz CT molecular complexity index is 1390. The summed E-state index contributed by atoms with van der Waals surface area (Å²) in [7, 11) is 0. The Morgan fingerprint density at radius 2 is 0.462 bits per heavy atom. The van der Waals surface area contributed by atoms with Crippen LogP contribution in [-0.4, -0.2) is 37.2 Å². The Morgan fingerprint density at radius 3 is 0.731 bits per heavy atom. The normalized spacial score (nSPS) is 12.4. The molecule has 0 saturated carbocycles. The number of unbranched alkanes of at least 4 members (excludes halogenated alkanes) is 42. The molecule has 1 atom stereocenters. The third-order valence-corrected chi connectivity index (χ3v) is 15.2. The van der Waals surface area contributed by atoms with E-state index in [2.05, 4.69) is 81.5 Å². The van der Waals surface area contributed by atoms with E-state index >= 15 is 0 Å². The summed E-state index contributed by atoms with van der Waals surface area (Å²) in [6.45, 7) is 6.66. The second kappa shape index (κ2) is 66.6. The van der Waals surface area contributed by atoms with Crippen molar-refractivity contribution in [2.24, 2.45) is 0 Å². The maximum absolute atomic E-state index is 13.0. The Balaban J connectivity index is 4.39. The third-order valence-electron chi connectivity index (χ3n) is 15.2. The molecule has 0 aliphatic heterocycles. The van der Waals surface area contributed by atoms with Gasteiger partial charge in [0.15, 0.2) is 6.10 Å². The molecule has 0 aromatic rings. The van der Waals surface area contributed by atoms with Gasteiger partial charge in [-0.2, -0.15) is 0 Å². The summed E-state index contributed by atoms with van der Waals surface area (Å²) in [5, 5.41) is 0. The lowest BCUT2D eigenvalue weighted by Gasteiger charge is -2.18. The third kappa shape index (κ3) is 63.9. The fourth-order valence-corrected chi connectivity index (χ4v) is 10.0. The first-order chi connectivity index (χ1) is 38.5. The number of ether oxygens (including phenoxy) is 3. The Labute approximate surface area is 485 Å². The molecule has 78 heavy (non-hydrogen) atoms. The standard InChI is InChI=1S/C72H130O6/c1-4-7-10-13-16-19-22-25-28-31-34-36-38-41-44-47-50-53-56-59-62-65-71(74)77-68-69(67-76-70(73)64-61-58-55-52-49-46-43-40-33-30-27-24-21-18-15-12-9-6-3)78-72(75)66-63-60-57-54-51-48-45-42-39-37-35-32-29-26-23-20-17-14-11-8-5-2/h22,25,30-35,38,41,69H,4-21,23-24,26-29,36-37,39-40,42-68H2,1-3H3/b25-22-,33-30-,34-31-,35-32-,41-38-. The van der Waals surface area contributed by atoms with E-state index in [9.17, 15) is 14.4 Å². The van der Waals surface area contributed by atoms with Crippen molar-refractivity contribution in [2.45, 2.75) is 367 Å². The van der Waals surface area contributed by atoms with E-state index in [1.54, 1.807) is 0 Å². The van der Waals surface area contributed by atoms with Crippen LogP contribution in [0.1, 0.15) is 361 Å². The summed E-state index contributed by atoms with van der Waals surface area (Å²) in [5.74, 6) is -0.878. The van der Waals surface area contributed by atoms with Gasteiger partial charge in [-0.25, -0.2) is 0 Å². The minimum absolute atomic E-state index is 0.0796. The quantitative estimate of drug-likeness (QED) is 0.0261. The van der Waals surface area contributed by atoms with Gasteiger partial charge in [-0.15, -0.1) is 0 Å². The predicted molar refractivity (Wildman–Crippen MR) is 339 cm³/mol. The number of carbonyl (C=O) groups is 3. The van der Waals surface area contributed by atoms with E-state index in [0.717, 1.165) is 77.0 Å². The lowest BCUT2D eigenvalue weighted by Crippen LogP contribution is -2.30. The average Bonchev–Trinajstić information content (AvgIpc) is 3.44. The first kappa shape index (κ1) is 75.1. The van der Waals surface area contributed by atoms with Crippen LogP contribution in [0.4, 0.5) is 0 Å². The number of carbonyl (C=O) groups excluding carboxylic acids is 3. The number of rotatable bonds is 63. The van der Waals surface area contributed by atoms with E-state index in [1.807, 2.05) is 0 Å². The van der Waals surface area contributed by atoms with Gasteiger partial charge in [-0.3, -0.25) is 14.4 Å². The molecule has 0 N–H and O–H groups in total. The van der Waals surface area contributed by atoms with Gasteiger partial charge >= 0.3 is 17.9 Å². The van der Waals surface area contributed by atoms with Gasteiger partial charge in [0.1, 0.15) is 13.2 Å². The van der Waals surface area contributed by atoms with Crippen LogP contribution in [0.3, 0.4) is 0 Å². The topological polar surface area (TPSA) is 78.9 Å². The van der Waals surface area contributed by atoms with Crippen LogP contribution in [0.5, 0.6) is 0 Å². The number of hydrogen-bond donors (Lipinski definition) is 0. The molecule has 6 heteroatoms. The second-order valence-corrected chi connectivity index (χ2v) is 23.1. The second-order valence-electron chi connectivity index (χ2n) is 23.1. The zero-order chi connectivity index (χ0) is 56.4. The van der Waals surface area contributed by atoms with Crippen molar-refractivity contribution < 1.29 is 28.6 Å². The zero-order valence-electron chi connectivity index (χ0n) is 52.2.